The number of carbonyl (C=O) groups is 4. The molecule has 15 heteroatoms. The molecule has 2 rings (SSSR count). The van der Waals surface area contributed by atoms with Crippen molar-refractivity contribution >= 4 is 23.9 Å². The normalized spacial score (nSPS) is 11.9. The average molecular weight is 636 g/mol. The summed E-state index contributed by atoms with van der Waals surface area (Å²) in [4.78, 5) is 49.6. The summed E-state index contributed by atoms with van der Waals surface area (Å²) in [5.74, 6) is -6.45. The smallest absolute Gasteiger partial charge is 0.508 e. The first kappa shape index (κ1) is 38.0. The summed E-state index contributed by atoms with van der Waals surface area (Å²) < 4.78 is 10.1. The van der Waals surface area contributed by atoms with Gasteiger partial charge in [-0.1, -0.05) is 20.3 Å². The molecule has 0 aliphatic carbocycles. The molecule has 0 heterocycles. The molecular formula is C27H36MnN2O12+2. The molecule has 0 aliphatic rings. The molecular weight excluding hydrogens is 599 g/mol. The number of phenolic OH excluding ortho intramolecular Hbond substituents is 2. The Kier molecular flexibility index (Phi) is 16.6. The summed E-state index contributed by atoms with van der Waals surface area (Å²) in [6.07, 6.45) is 1.25. The Morgan fingerprint density at radius 3 is 1.24 bits per heavy atom. The van der Waals surface area contributed by atoms with Crippen molar-refractivity contribution in [2.24, 2.45) is 0 Å². The zero-order valence-corrected chi connectivity index (χ0v) is 24.7. The van der Waals surface area contributed by atoms with Crippen LogP contribution >= 0.6 is 0 Å². The minimum absolute atomic E-state index is 0. The first-order valence-electron chi connectivity index (χ1n) is 12.4. The van der Waals surface area contributed by atoms with Gasteiger partial charge in [-0.3, -0.25) is 29.0 Å². The Bertz CT molecular complexity index is 1120. The van der Waals surface area contributed by atoms with Crippen LogP contribution in [0.4, 0.5) is 0 Å². The second kappa shape index (κ2) is 18.4. The molecule has 1 unspecified atom stereocenters. The predicted octanol–water partition coefficient (Wildman–Crippen LogP) is 2.25. The number of aliphatic carboxylic acids is 4. The van der Waals surface area contributed by atoms with E-state index in [9.17, 15) is 49.8 Å². The SMILES string of the molecule is CCC.COc1ccc(O)c(C(C(=O)O)N(CCN(CC(=O)O)[C@H](C(=O)O)c2cc(OC)ccc2O)CC(=O)O)c1.[Mn+2]. The number of methoxy groups -OCH3 is 2. The van der Waals surface area contributed by atoms with Crippen LogP contribution in [0.15, 0.2) is 36.4 Å². The molecule has 231 valence electrons. The number of hydrogen-bond donors (Lipinski definition) is 6. The van der Waals surface area contributed by atoms with Crippen molar-refractivity contribution < 1.29 is 76.4 Å². The molecule has 1 radical (unpaired) electrons. The third-order valence-electron chi connectivity index (χ3n) is 5.61. The van der Waals surface area contributed by atoms with Crippen LogP contribution in [-0.2, 0) is 36.2 Å². The number of rotatable bonds is 15. The van der Waals surface area contributed by atoms with E-state index in [1.165, 1.54) is 57.0 Å². The van der Waals surface area contributed by atoms with Crippen LogP contribution in [0.3, 0.4) is 0 Å². The molecule has 14 nitrogen and oxygen atoms in total. The zero-order valence-electron chi connectivity index (χ0n) is 23.6. The van der Waals surface area contributed by atoms with Gasteiger partial charge in [-0.25, -0.2) is 0 Å². The van der Waals surface area contributed by atoms with Crippen LogP contribution in [-0.4, -0.2) is 105 Å². The Morgan fingerprint density at radius 2 is 1.00 bits per heavy atom. The molecule has 0 bridgehead atoms. The van der Waals surface area contributed by atoms with Gasteiger partial charge in [0.05, 0.1) is 27.3 Å². The molecule has 6 N–H and O–H groups in total. The van der Waals surface area contributed by atoms with Gasteiger partial charge in [0, 0.05) is 24.2 Å². The van der Waals surface area contributed by atoms with Crippen LogP contribution in [0.1, 0.15) is 43.5 Å². The molecule has 0 amide bonds. The van der Waals surface area contributed by atoms with Crippen LogP contribution in [0.5, 0.6) is 23.0 Å². The number of benzene rings is 2. The van der Waals surface area contributed by atoms with Crippen LogP contribution < -0.4 is 9.47 Å². The number of ether oxygens (including phenoxy) is 2. The van der Waals surface area contributed by atoms with E-state index in [0.717, 1.165) is 9.80 Å². The minimum atomic E-state index is -1.72. The summed E-state index contributed by atoms with van der Waals surface area (Å²) in [6.45, 7) is 1.64. The van der Waals surface area contributed by atoms with Crippen molar-refractivity contribution in [2.75, 3.05) is 40.4 Å². The van der Waals surface area contributed by atoms with E-state index < -0.39 is 73.6 Å². The molecule has 2 aromatic carbocycles. The largest absolute Gasteiger partial charge is 2.00 e. The number of aromatic hydroxyl groups is 2. The monoisotopic (exact) mass is 635 g/mol. The van der Waals surface area contributed by atoms with Crippen LogP contribution in [0.25, 0.3) is 0 Å². The average Bonchev–Trinajstić information content (AvgIpc) is 2.88. The van der Waals surface area contributed by atoms with E-state index in [2.05, 4.69) is 13.8 Å². The topological polar surface area (TPSA) is 215 Å². The summed E-state index contributed by atoms with van der Waals surface area (Å²) in [6, 6.07) is 4.07. The number of carboxylic acids is 4. The second-order valence-electron chi connectivity index (χ2n) is 8.77. The molecule has 2 atom stereocenters. The van der Waals surface area contributed by atoms with E-state index in [1.807, 2.05) is 0 Å². The summed E-state index contributed by atoms with van der Waals surface area (Å²) in [5, 5.41) is 59.4. The van der Waals surface area contributed by atoms with Crippen molar-refractivity contribution in [2.45, 2.75) is 32.4 Å². The number of hydrogen-bond acceptors (Lipinski definition) is 10. The van der Waals surface area contributed by atoms with Crippen LogP contribution in [0, 0.1) is 0 Å². The number of nitrogens with zero attached hydrogens (tertiary/aromatic N) is 2. The molecule has 42 heavy (non-hydrogen) atoms. The molecule has 0 aromatic heterocycles. The van der Waals surface area contributed by atoms with E-state index in [0.29, 0.717) is 0 Å². The first-order valence-corrected chi connectivity index (χ1v) is 12.4. The van der Waals surface area contributed by atoms with Crippen molar-refractivity contribution in [3.05, 3.63) is 47.5 Å². The fourth-order valence-corrected chi connectivity index (χ4v) is 3.93. The second-order valence-corrected chi connectivity index (χ2v) is 8.77. The Hall–Kier alpha value is -4.04. The van der Waals surface area contributed by atoms with Gasteiger partial charge in [0.2, 0.25) is 0 Å². The third kappa shape index (κ3) is 11.1. The summed E-state index contributed by atoms with van der Waals surface area (Å²) in [5.41, 5.74) is -0.383. The minimum Gasteiger partial charge on any atom is -0.508 e. The zero-order chi connectivity index (χ0) is 31.3. The molecule has 0 aliphatic heterocycles. The molecule has 0 saturated carbocycles. The molecule has 0 spiro atoms. The van der Waals surface area contributed by atoms with Gasteiger partial charge >= 0.3 is 40.9 Å². The number of carboxylic acid groups (broad SMARTS) is 4. The van der Waals surface area contributed by atoms with E-state index in [4.69, 9.17) is 9.47 Å². The van der Waals surface area contributed by atoms with Gasteiger partial charge in [-0.2, -0.15) is 0 Å². The van der Waals surface area contributed by atoms with E-state index in [-0.39, 0.29) is 39.7 Å². The van der Waals surface area contributed by atoms with Gasteiger partial charge in [0.1, 0.15) is 35.1 Å². The maximum atomic E-state index is 12.2. The van der Waals surface area contributed by atoms with E-state index in [1.54, 1.807) is 0 Å². The summed E-state index contributed by atoms with van der Waals surface area (Å²) in [7, 11) is 2.62. The fraction of sp³-hybridized carbons (Fsp3) is 0.407. The van der Waals surface area contributed by atoms with Crippen molar-refractivity contribution in [1.29, 1.82) is 0 Å². The third-order valence-corrected chi connectivity index (χ3v) is 5.61. The van der Waals surface area contributed by atoms with E-state index >= 15 is 0 Å². The maximum absolute atomic E-state index is 12.2. The van der Waals surface area contributed by atoms with Gasteiger partial charge in [0.25, 0.3) is 0 Å². The van der Waals surface area contributed by atoms with Gasteiger partial charge < -0.3 is 40.1 Å². The van der Waals surface area contributed by atoms with Crippen LogP contribution in [0.2, 0.25) is 0 Å². The fourth-order valence-electron chi connectivity index (χ4n) is 3.93. The molecule has 0 saturated heterocycles. The van der Waals surface area contributed by atoms with Crippen molar-refractivity contribution in [3.8, 4) is 23.0 Å². The van der Waals surface area contributed by atoms with Crippen molar-refractivity contribution in [1.82, 2.24) is 9.80 Å². The van der Waals surface area contributed by atoms with Gasteiger partial charge in [0.15, 0.2) is 0 Å². The summed E-state index contributed by atoms with van der Waals surface area (Å²) >= 11 is 0. The van der Waals surface area contributed by atoms with Gasteiger partial charge in [-0.05, 0) is 36.4 Å². The Balaban J connectivity index is 0.00000402. The Labute approximate surface area is 253 Å². The standard InChI is InChI=1S/C24H28N2O12.C3H8.Mn/c1-37-13-3-5-17(27)15(9-13)21(23(33)34)25(11-19(29)30)7-8-26(12-20(31)32)22(24(35)36)16-10-14(38-2)4-6-18(16)28;1-3-2;/h3-6,9-10,21-22,27-28H,7-8,11-12H2,1-2H3,(H,29,30)(H,31,32)(H,33,34)(H,35,36);3H2,1-2H3;/q;;+2/t21-,22?;;/m0../s1. The molecule has 0 fully saturated rings. The maximum Gasteiger partial charge on any atom is 2.00 e. The van der Waals surface area contributed by atoms with Gasteiger partial charge in [-0.15, -0.1) is 0 Å². The first-order chi connectivity index (χ1) is 19.3. The Morgan fingerprint density at radius 1 is 0.690 bits per heavy atom. The quantitative estimate of drug-likeness (QED) is 0.155. The predicted molar refractivity (Wildman–Crippen MR) is 144 cm³/mol. The van der Waals surface area contributed by atoms with Crippen molar-refractivity contribution in [3.63, 3.8) is 0 Å². The number of phenols is 2. The molecule has 2 aromatic rings.